The third-order valence-corrected chi connectivity index (χ3v) is 4.19. The van der Waals surface area contributed by atoms with Gasteiger partial charge in [-0.15, -0.1) is 11.8 Å². The van der Waals surface area contributed by atoms with Crippen LogP contribution in [0.3, 0.4) is 0 Å². The largest absolute Gasteiger partial charge is 0.306 e. The molecule has 0 bridgehead atoms. The molecule has 2 rings (SSSR count). The number of aryl methyl sites for hydroxylation is 1. The Kier molecular flexibility index (Phi) is 5.83. The minimum atomic E-state index is -0.172. The lowest BCUT2D eigenvalue weighted by Gasteiger charge is -2.20. The van der Waals surface area contributed by atoms with E-state index in [0.717, 1.165) is 24.1 Å². The molecule has 1 unspecified atom stereocenters. The van der Waals surface area contributed by atoms with Crippen molar-refractivity contribution in [3.63, 3.8) is 0 Å². The number of halogens is 1. The predicted octanol–water partition coefficient (Wildman–Crippen LogP) is 4.95. The predicted molar refractivity (Wildman–Crippen MR) is 89.5 cm³/mol. The molecule has 0 aliphatic rings. The van der Waals surface area contributed by atoms with Gasteiger partial charge in [0, 0.05) is 4.90 Å². The normalized spacial score (nSPS) is 12.4. The first-order valence-corrected chi connectivity index (χ1v) is 8.51. The first-order chi connectivity index (χ1) is 10.1. The lowest BCUT2D eigenvalue weighted by molar-refractivity contribution is 0.584. The number of rotatable bonds is 6. The standard InChI is InChI=1S/C18H22FNS/c1-4-9-20-18(14-5-7-17(21-3)8-6-14)15-10-13(2)11-16(19)12-15/h5-8,10-12,18,20H,4,9H2,1-3H3. The van der Waals surface area contributed by atoms with Crippen LogP contribution < -0.4 is 5.32 Å². The molecule has 1 atom stereocenters. The van der Waals surface area contributed by atoms with Crippen LogP contribution in [0.1, 0.15) is 36.1 Å². The number of nitrogens with one attached hydrogen (secondary N) is 1. The SMILES string of the molecule is CCCNC(c1ccc(SC)cc1)c1cc(C)cc(F)c1. The Hall–Kier alpha value is -1.32. The van der Waals surface area contributed by atoms with Crippen molar-refractivity contribution in [1.29, 1.82) is 0 Å². The van der Waals surface area contributed by atoms with Crippen LogP contribution >= 0.6 is 11.8 Å². The van der Waals surface area contributed by atoms with Crippen molar-refractivity contribution in [2.75, 3.05) is 12.8 Å². The summed E-state index contributed by atoms with van der Waals surface area (Å²) in [5.74, 6) is -0.172. The van der Waals surface area contributed by atoms with Gasteiger partial charge in [-0.1, -0.05) is 25.1 Å². The van der Waals surface area contributed by atoms with E-state index in [1.165, 1.54) is 10.5 Å². The zero-order valence-electron chi connectivity index (χ0n) is 12.8. The average molecular weight is 303 g/mol. The van der Waals surface area contributed by atoms with Crippen molar-refractivity contribution >= 4 is 11.8 Å². The van der Waals surface area contributed by atoms with Gasteiger partial charge in [-0.3, -0.25) is 0 Å². The monoisotopic (exact) mass is 303 g/mol. The van der Waals surface area contributed by atoms with Gasteiger partial charge in [0.1, 0.15) is 5.82 Å². The van der Waals surface area contributed by atoms with Gasteiger partial charge in [0.05, 0.1) is 6.04 Å². The number of benzene rings is 2. The van der Waals surface area contributed by atoms with Crippen LogP contribution in [0.15, 0.2) is 47.4 Å². The van der Waals surface area contributed by atoms with Gasteiger partial charge in [-0.05, 0) is 67.1 Å². The average Bonchev–Trinajstić information content (AvgIpc) is 2.47. The topological polar surface area (TPSA) is 12.0 Å². The van der Waals surface area contributed by atoms with Crippen LogP contribution in [-0.4, -0.2) is 12.8 Å². The molecule has 0 aromatic heterocycles. The Morgan fingerprint density at radius 3 is 2.38 bits per heavy atom. The van der Waals surface area contributed by atoms with Crippen LogP contribution in [0.5, 0.6) is 0 Å². The molecule has 0 aliphatic heterocycles. The van der Waals surface area contributed by atoms with E-state index in [1.54, 1.807) is 23.9 Å². The van der Waals surface area contributed by atoms with Crippen LogP contribution in [0.4, 0.5) is 4.39 Å². The number of thioether (sulfide) groups is 1. The first kappa shape index (κ1) is 16.1. The number of hydrogen-bond acceptors (Lipinski definition) is 2. The highest BCUT2D eigenvalue weighted by Crippen LogP contribution is 2.26. The fourth-order valence-electron chi connectivity index (χ4n) is 2.44. The Morgan fingerprint density at radius 2 is 1.81 bits per heavy atom. The van der Waals surface area contributed by atoms with E-state index >= 15 is 0 Å². The van der Waals surface area contributed by atoms with Gasteiger partial charge in [-0.2, -0.15) is 0 Å². The zero-order chi connectivity index (χ0) is 15.2. The molecule has 3 heteroatoms. The molecule has 0 fully saturated rings. The number of hydrogen-bond donors (Lipinski definition) is 1. The van der Waals surface area contributed by atoms with Crippen LogP contribution in [0, 0.1) is 12.7 Å². The summed E-state index contributed by atoms with van der Waals surface area (Å²) in [6.07, 6.45) is 3.12. The summed E-state index contributed by atoms with van der Waals surface area (Å²) in [6, 6.07) is 13.8. The van der Waals surface area contributed by atoms with Crippen LogP contribution in [0.25, 0.3) is 0 Å². The summed E-state index contributed by atoms with van der Waals surface area (Å²) in [5, 5.41) is 3.52. The quantitative estimate of drug-likeness (QED) is 0.758. The van der Waals surface area contributed by atoms with E-state index in [4.69, 9.17) is 0 Å². The lowest BCUT2D eigenvalue weighted by Crippen LogP contribution is -2.23. The molecule has 0 radical (unpaired) electrons. The van der Waals surface area contributed by atoms with Gasteiger partial charge < -0.3 is 5.32 Å². The van der Waals surface area contributed by atoms with Crippen LogP contribution in [0.2, 0.25) is 0 Å². The molecule has 0 amide bonds. The molecule has 2 aromatic carbocycles. The summed E-state index contributed by atoms with van der Waals surface area (Å²) in [7, 11) is 0. The van der Waals surface area contributed by atoms with E-state index in [0.29, 0.717) is 0 Å². The molecule has 0 saturated heterocycles. The Labute approximate surface area is 131 Å². The highest BCUT2D eigenvalue weighted by Gasteiger charge is 2.14. The second-order valence-electron chi connectivity index (χ2n) is 5.22. The molecular formula is C18H22FNS. The minimum Gasteiger partial charge on any atom is -0.306 e. The maximum absolute atomic E-state index is 13.7. The highest BCUT2D eigenvalue weighted by molar-refractivity contribution is 7.98. The van der Waals surface area contributed by atoms with E-state index in [1.807, 2.05) is 6.92 Å². The lowest BCUT2D eigenvalue weighted by atomic mass is 9.97. The Morgan fingerprint density at radius 1 is 1.10 bits per heavy atom. The molecule has 2 aromatic rings. The summed E-state index contributed by atoms with van der Waals surface area (Å²) >= 11 is 1.73. The van der Waals surface area contributed by atoms with Crippen molar-refractivity contribution in [3.05, 3.63) is 65.0 Å². The van der Waals surface area contributed by atoms with Gasteiger partial charge in [0.25, 0.3) is 0 Å². The summed E-state index contributed by atoms with van der Waals surface area (Å²) < 4.78 is 13.7. The first-order valence-electron chi connectivity index (χ1n) is 7.28. The van der Waals surface area contributed by atoms with E-state index in [-0.39, 0.29) is 11.9 Å². The molecule has 0 spiro atoms. The van der Waals surface area contributed by atoms with Gasteiger partial charge >= 0.3 is 0 Å². The van der Waals surface area contributed by atoms with Gasteiger partial charge in [0.2, 0.25) is 0 Å². The maximum atomic E-state index is 13.7. The van der Waals surface area contributed by atoms with E-state index in [9.17, 15) is 4.39 Å². The molecule has 0 saturated carbocycles. The van der Waals surface area contributed by atoms with Crippen molar-refractivity contribution in [2.24, 2.45) is 0 Å². The fraction of sp³-hybridized carbons (Fsp3) is 0.333. The molecular weight excluding hydrogens is 281 g/mol. The second kappa shape index (κ2) is 7.62. The highest BCUT2D eigenvalue weighted by atomic mass is 32.2. The van der Waals surface area contributed by atoms with Crippen molar-refractivity contribution < 1.29 is 4.39 Å². The van der Waals surface area contributed by atoms with Crippen molar-refractivity contribution in [3.8, 4) is 0 Å². The Balaban J connectivity index is 2.36. The van der Waals surface area contributed by atoms with E-state index in [2.05, 4.69) is 48.8 Å². The molecule has 1 nitrogen and oxygen atoms in total. The molecule has 0 aliphatic carbocycles. The van der Waals surface area contributed by atoms with Crippen molar-refractivity contribution in [2.45, 2.75) is 31.2 Å². The second-order valence-corrected chi connectivity index (χ2v) is 6.10. The molecule has 0 heterocycles. The van der Waals surface area contributed by atoms with E-state index < -0.39 is 0 Å². The summed E-state index contributed by atoms with van der Waals surface area (Å²) in [4.78, 5) is 1.24. The van der Waals surface area contributed by atoms with Gasteiger partial charge in [-0.25, -0.2) is 4.39 Å². The third-order valence-electron chi connectivity index (χ3n) is 3.45. The van der Waals surface area contributed by atoms with Crippen LogP contribution in [-0.2, 0) is 0 Å². The fourth-order valence-corrected chi connectivity index (χ4v) is 2.85. The maximum Gasteiger partial charge on any atom is 0.123 e. The minimum absolute atomic E-state index is 0.0373. The summed E-state index contributed by atoms with van der Waals surface area (Å²) in [6.45, 7) is 4.97. The molecule has 112 valence electrons. The summed E-state index contributed by atoms with van der Waals surface area (Å²) in [5.41, 5.74) is 3.11. The van der Waals surface area contributed by atoms with Gasteiger partial charge in [0.15, 0.2) is 0 Å². The molecule has 1 N–H and O–H groups in total. The zero-order valence-corrected chi connectivity index (χ0v) is 13.6. The smallest absolute Gasteiger partial charge is 0.123 e. The Bertz CT molecular complexity index is 560. The molecule has 21 heavy (non-hydrogen) atoms. The van der Waals surface area contributed by atoms with Crippen molar-refractivity contribution in [1.82, 2.24) is 5.32 Å². The third kappa shape index (κ3) is 4.32.